The zero-order valence-corrected chi connectivity index (χ0v) is 10.2. The number of benzene rings is 1. The predicted octanol–water partition coefficient (Wildman–Crippen LogP) is 0.768. The van der Waals surface area contributed by atoms with Crippen LogP contribution in [0.3, 0.4) is 0 Å². The van der Waals surface area contributed by atoms with E-state index in [1.165, 1.54) is 4.68 Å². The van der Waals surface area contributed by atoms with Gasteiger partial charge in [-0.2, -0.15) is 0 Å². The van der Waals surface area contributed by atoms with E-state index in [0.29, 0.717) is 18.5 Å². The van der Waals surface area contributed by atoms with Crippen molar-refractivity contribution < 1.29 is 9.84 Å². The Morgan fingerprint density at radius 2 is 2.11 bits per heavy atom. The van der Waals surface area contributed by atoms with Crippen LogP contribution in [0.4, 0.5) is 0 Å². The maximum absolute atomic E-state index is 11.9. The highest BCUT2D eigenvalue weighted by Gasteiger charge is 2.08. The minimum absolute atomic E-state index is 0.0260. The molecular formula is C13H16N2O3. The van der Waals surface area contributed by atoms with E-state index in [2.05, 4.69) is 5.10 Å². The van der Waals surface area contributed by atoms with Crippen LogP contribution in [-0.2, 0) is 13.0 Å². The molecule has 0 atom stereocenters. The molecule has 0 fully saturated rings. The zero-order valence-electron chi connectivity index (χ0n) is 10.2. The first-order valence-electron chi connectivity index (χ1n) is 5.76. The van der Waals surface area contributed by atoms with E-state index in [4.69, 9.17) is 9.84 Å². The molecule has 1 aromatic heterocycles. The Hall–Kier alpha value is -2.01. The highest BCUT2D eigenvalue weighted by atomic mass is 16.5. The molecule has 5 nitrogen and oxygen atoms in total. The van der Waals surface area contributed by atoms with Gasteiger partial charge in [-0.3, -0.25) is 4.79 Å². The Balaban J connectivity index is 2.26. The topological polar surface area (TPSA) is 67.2 Å². The van der Waals surface area contributed by atoms with Crippen molar-refractivity contribution in [1.29, 1.82) is 0 Å². The Kier molecular flexibility index (Phi) is 3.84. The van der Waals surface area contributed by atoms with E-state index in [-0.39, 0.29) is 12.2 Å². The SMILES string of the molecule is COc1ccccc1Cn1[nH]cc(CCO)c1=O. The summed E-state index contributed by atoms with van der Waals surface area (Å²) in [6, 6.07) is 7.56. The minimum Gasteiger partial charge on any atom is -0.496 e. The summed E-state index contributed by atoms with van der Waals surface area (Å²) >= 11 is 0. The molecule has 18 heavy (non-hydrogen) atoms. The number of para-hydroxylation sites is 1. The van der Waals surface area contributed by atoms with Gasteiger partial charge in [0, 0.05) is 30.4 Å². The van der Waals surface area contributed by atoms with Crippen LogP contribution < -0.4 is 10.3 Å². The number of hydrogen-bond acceptors (Lipinski definition) is 3. The summed E-state index contributed by atoms with van der Waals surface area (Å²) < 4.78 is 6.75. The minimum atomic E-state index is -0.102. The molecule has 5 heteroatoms. The zero-order chi connectivity index (χ0) is 13.0. The first-order valence-corrected chi connectivity index (χ1v) is 5.76. The van der Waals surface area contributed by atoms with Gasteiger partial charge in [-0.15, -0.1) is 0 Å². The van der Waals surface area contributed by atoms with Gasteiger partial charge in [0.1, 0.15) is 5.75 Å². The first-order chi connectivity index (χ1) is 8.76. The van der Waals surface area contributed by atoms with Crippen molar-refractivity contribution in [2.75, 3.05) is 13.7 Å². The van der Waals surface area contributed by atoms with Crippen molar-refractivity contribution in [3.8, 4) is 5.75 Å². The van der Waals surface area contributed by atoms with Gasteiger partial charge in [0.25, 0.3) is 5.56 Å². The number of hydrogen-bond donors (Lipinski definition) is 2. The third-order valence-electron chi connectivity index (χ3n) is 2.82. The molecule has 0 unspecified atom stereocenters. The van der Waals surface area contributed by atoms with E-state index in [0.717, 1.165) is 11.3 Å². The monoisotopic (exact) mass is 248 g/mol. The number of aromatic nitrogens is 2. The lowest BCUT2D eigenvalue weighted by Crippen LogP contribution is -2.20. The predicted molar refractivity (Wildman–Crippen MR) is 67.9 cm³/mol. The van der Waals surface area contributed by atoms with Crippen LogP contribution in [0.5, 0.6) is 5.75 Å². The number of aromatic amines is 1. The molecule has 0 aliphatic carbocycles. The van der Waals surface area contributed by atoms with Crippen molar-refractivity contribution in [2.24, 2.45) is 0 Å². The Labute approximate surface area is 105 Å². The normalized spacial score (nSPS) is 10.6. The number of methoxy groups -OCH3 is 1. The fourth-order valence-electron chi connectivity index (χ4n) is 1.87. The van der Waals surface area contributed by atoms with E-state index < -0.39 is 0 Å². The quantitative estimate of drug-likeness (QED) is 0.821. The van der Waals surface area contributed by atoms with Crippen molar-refractivity contribution in [1.82, 2.24) is 9.78 Å². The van der Waals surface area contributed by atoms with Crippen molar-refractivity contribution >= 4 is 0 Å². The van der Waals surface area contributed by atoms with Gasteiger partial charge >= 0.3 is 0 Å². The van der Waals surface area contributed by atoms with Crippen LogP contribution in [-0.4, -0.2) is 28.6 Å². The van der Waals surface area contributed by atoms with Gasteiger partial charge in [-0.25, -0.2) is 4.68 Å². The summed E-state index contributed by atoms with van der Waals surface area (Å²) in [5, 5.41) is 11.7. The largest absolute Gasteiger partial charge is 0.496 e. The lowest BCUT2D eigenvalue weighted by atomic mass is 10.2. The average Bonchev–Trinajstić information content (AvgIpc) is 2.73. The summed E-state index contributed by atoms with van der Waals surface area (Å²) in [5.41, 5.74) is 1.42. The highest BCUT2D eigenvalue weighted by molar-refractivity contribution is 5.33. The number of nitrogens with zero attached hydrogens (tertiary/aromatic N) is 1. The number of aliphatic hydroxyl groups excluding tert-OH is 1. The molecule has 1 aromatic carbocycles. The van der Waals surface area contributed by atoms with Gasteiger partial charge in [0.15, 0.2) is 0 Å². The van der Waals surface area contributed by atoms with Gasteiger partial charge in [0.05, 0.1) is 13.7 Å². The first kappa shape index (κ1) is 12.4. The van der Waals surface area contributed by atoms with Gasteiger partial charge < -0.3 is 14.9 Å². The molecule has 0 saturated heterocycles. The number of nitrogens with one attached hydrogen (secondary N) is 1. The third-order valence-corrected chi connectivity index (χ3v) is 2.82. The second-order valence-corrected chi connectivity index (χ2v) is 3.98. The molecule has 0 aliphatic heterocycles. The smallest absolute Gasteiger partial charge is 0.270 e. The molecule has 96 valence electrons. The van der Waals surface area contributed by atoms with Crippen LogP contribution in [0.1, 0.15) is 11.1 Å². The van der Waals surface area contributed by atoms with E-state index >= 15 is 0 Å². The molecule has 1 heterocycles. The Morgan fingerprint density at radius 3 is 2.83 bits per heavy atom. The fourth-order valence-corrected chi connectivity index (χ4v) is 1.87. The standard InChI is InChI=1S/C13H16N2O3/c1-18-12-5-3-2-4-11(12)9-15-13(17)10(6-7-16)8-14-15/h2-5,8,14,16H,6-7,9H2,1H3. The second-order valence-electron chi connectivity index (χ2n) is 3.98. The molecule has 0 amide bonds. The molecule has 0 spiro atoms. The molecule has 2 N–H and O–H groups in total. The molecule has 0 aliphatic rings. The summed E-state index contributed by atoms with van der Waals surface area (Å²) in [6.07, 6.45) is 2.00. The van der Waals surface area contributed by atoms with E-state index in [9.17, 15) is 4.79 Å². The average molecular weight is 248 g/mol. The Morgan fingerprint density at radius 1 is 1.33 bits per heavy atom. The molecular weight excluding hydrogens is 232 g/mol. The summed E-state index contributed by atoms with van der Waals surface area (Å²) in [5.74, 6) is 0.753. The number of ether oxygens (including phenoxy) is 1. The third kappa shape index (κ3) is 2.46. The maximum Gasteiger partial charge on any atom is 0.270 e. The number of rotatable bonds is 5. The number of aliphatic hydroxyl groups is 1. The van der Waals surface area contributed by atoms with Crippen molar-refractivity contribution in [2.45, 2.75) is 13.0 Å². The second kappa shape index (κ2) is 5.55. The lowest BCUT2D eigenvalue weighted by molar-refractivity contribution is 0.299. The van der Waals surface area contributed by atoms with Crippen LogP contribution in [0.15, 0.2) is 35.3 Å². The molecule has 2 aromatic rings. The molecule has 0 bridgehead atoms. The van der Waals surface area contributed by atoms with Crippen LogP contribution in [0.25, 0.3) is 0 Å². The Bertz CT molecular complexity index is 572. The summed E-state index contributed by atoms with van der Waals surface area (Å²) in [6.45, 7) is 0.399. The highest BCUT2D eigenvalue weighted by Crippen LogP contribution is 2.17. The van der Waals surface area contributed by atoms with Gasteiger partial charge in [-0.05, 0) is 6.07 Å². The summed E-state index contributed by atoms with van der Waals surface area (Å²) in [4.78, 5) is 11.9. The van der Waals surface area contributed by atoms with Crippen molar-refractivity contribution in [3.63, 3.8) is 0 Å². The lowest BCUT2D eigenvalue weighted by Gasteiger charge is -2.07. The molecule has 0 saturated carbocycles. The number of H-pyrrole nitrogens is 1. The van der Waals surface area contributed by atoms with Crippen molar-refractivity contribution in [3.05, 3.63) is 51.9 Å². The molecule has 0 radical (unpaired) electrons. The maximum atomic E-state index is 11.9. The van der Waals surface area contributed by atoms with Gasteiger partial charge in [0.2, 0.25) is 0 Å². The van der Waals surface area contributed by atoms with E-state index in [1.54, 1.807) is 13.3 Å². The van der Waals surface area contributed by atoms with Crippen LogP contribution in [0.2, 0.25) is 0 Å². The van der Waals surface area contributed by atoms with Crippen LogP contribution in [0, 0.1) is 0 Å². The fraction of sp³-hybridized carbons (Fsp3) is 0.308. The molecule has 2 rings (SSSR count). The van der Waals surface area contributed by atoms with Crippen LogP contribution >= 0.6 is 0 Å². The van der Waals surface area contributed by atoms with E-state index in [1.807, 2.05) is 24.3 Å². The summed E-state index contributed by atoms with van der Waals surface area (Å²) in [7, 11) is 1.60. The van der Waals surface area contributed by atoms with Gasteiger partial charge in [-0.1, -0.05) is 18.2 Å².